The third kappa shape index (κ3) is 4.36. The van der Waals surface area contributed by atoms with Crippen LogP contribution in [0.5, 0.6) is 23.0 Å². The number of nitrogens with zero attached hydrogens (tertiary/aromatic N) is 2. The largest absolute Gasteiger partial charge is 0.493 e. The Morgan fingerprint density at radius 3 is 2.28 bits per heavy atom. The summed E-state index contributed by atoms with van der Waals surface area (Å²) in [6, 6.07) is 9.66. The van der Waals surface area contributed by atoms with Crippen molar-refractivity contribution >= 4 is 17.2 Å². The number of fused-ring (bicyclic) bond motifs is 1. The minimum absolute atomic E-state index is 0.0644. The van der Waals surface area contributed by atoms with Crippen LogP contribution in [0.15, 0.2) is 35.7 Å². The lowest BCUT2D eigenvalue weighted by Gasteiger charge is -2.29. The van der Waals surface area contributed by atoms with Crippen LogP contribution in [-0.4, -0.2) is 50.8 Å². The number of carbonyl (C=O) groups excluding carboxylic acids is 1. The van der Waals surface area contributed by atoms with Gasteiger partial charge in [0.2, 0.25) is 5.91 Å². The summed E-state index contributed by atoms with van der Waals surface area (Å²) in [7, 11) is 6.47. The number of amides is 1. The molecule has 1 aliphatic heterocycles. The van der Waals surface area contributed by atoms with Crippen molar-refractivity contribution in [2.45, 2.75) is 19.4 Å². The van der Waals surface area contributed by atoms with E-state index in [0.717, 1.165) is 34.0 Å². The predicted molar refractivity (Wildman–Crippen MR) is 123 cm³/mol. The highest BCUT2D eigenvalue weighted by Crippen LogP contribution is 2.35. The lowest BCUT2D eigenvalue weighted by Crippen LogP contribution is -2.37. The SMILES string of the molecule is COc1ccc(-c2nc(CC(=O)N3CCc4cc(OC)c(OC)cc4C3)cs2)cc1OC. The molecule has 0 N–H and O–H groups in total. The Labute approximate surface area is 191 Å². The second kappa shape index (κ2) is 9.48. The van der Waals surface area contributed by atoms with Crippen molar-refractivity contribution in [3.05, 3.63) is 52.5 Å². The van der Waals surface area contributed by atoms with Crippen LogP contribution in [0.4, 0.5) is 0 Å². The fourth-order valence-electron chi connectivity index (χ4n) is 3.85. The molecule has 2 aromatic carbocycles. The van der Waals surface area contributed by atoms with Crippen molar-refractivity contribution in [1.82, 2.24) is 9.88 Å². The number of hydrogen-bond acceptors (Lipinski definition) is 7. The number of methoxy groups -OCH3 is 4. The van der Waals surface area contributed by atoms with Gasteiger partial charge in [-0.1, -0.05) is 0 Å². The van der Waals surface area contributed by atoms with Crippen molar-refractivity contribution in [1.29, 1.82) is 0 Å². The van der Waals surface area contributed by atoms with Gasteiger partial charge in [0.25, 0.3) is 0 Å². The van der Waals surface area contributed by atoms with E-state index in [4.69, 9.17) is 18.9 Å². The number of ether oxygens (including phenoxy) is 4. The fraction of sp³-hybridized carbons (Fsp3) is 0.333. The molecule has 8 heteroatoms. The van der Waals surface area contributed by atoms with Gasteiger partial charge < -0.3 is 23.8 Å². The summed E-state index contributed by atoms with van der Waals surface area (Å²) in [5.74, 6) is 2.78. The molecule has 0 spiro atoms. The molecule has 0 saturated heterocycles. The van der Waals surface area contributed by atoms with Gasteiger partial charge in [0, 0.05) is 24.0 Å². The maximum atomic E-state index is 13.0. The molecule has 1 aliphatic rings. The van der Waals surface area contributed by atoms with Gasteiger partial charge in [-0.15, -0.1) is 11.3 Å². The number of carbonyl (C=O) groups is 1. The zero-order chi connectivity index (χ0) is 22.7. The highest BCUT2D eigenvalue weighted by atomic mass is 32.1. The van der Waals surface area contributed by atoms with E-state index >= 15 is 0 Å². The summed E-state index contributed by atoms with van der Waals surface area (Å²) in [6.07, 6.45) is 1.06. The molecular weight excluding hydrogens is 428 g/mol. The highest BCUT2D eigenvalue weighted by molar-refractivity contribution is 7.13. The summed E-state index contributed by atoms with van der Waals surface area (Å²) in [4.78, 5) is 19.5. The van der Waals surface area contributed by atoms with Crippen LogP contribution in [0.25, 0.3) is 10.6 Å². The quantitative estimate of drug-likeness (QED) is 0.538. The van der Waals surface area contributed by atoms with Gasteiger partial charge >= 0.3 is 0 Å². The fourth-order valence-corrected chi connectivity index (χ4v) is 4.67. The first-order valence-electron chi connectivity index (χ1n) is 10.2. The molecule has 0 bridgehead atoms. The van der Waals surface area contributed by atoms with Gasteiger partial charge in [0.1, 0.15) is 5.01 Å². The third-order valence-electron chi connectivity index (χ3n) is 5.59. The normalized spacial score (nSPS) is 12.8. The Kier molecular flexibility index (Phi) is 6.50. The van der Waals surface area contributed by atoms with Crippen LogP contribution >= 0.6 is 11.3 Å². The van der Waals surface area contributed by atoms with E-state index in [-0.39, 0.29) is 12.3 Å². The third-order valence-corrected chi connectivity index (χ3v) is 6.53. The molecule has 1 amide bonds. The van der Waals surface area contributed by atoms with Crippen LogP contribution in [0, 0.1) is 0 Å². The van der Waals surface area contributed by atoms with Crippen LogP contribution in [0.2, 0.25) is 0 Å². The molecule has 32 heavy (non-hydrogen) atoms. The van der Waals surface area contributed by atoms with Gasteiger partial charge in [-0.3, -0.25) is 4.79 Å². The van der Waals surface area contributed by atoms with Crippen molar-refractivity contribution < 1.29 is 23.7 Å². The van der Waals surface area contributed by atoms with Gasteiger partial charge in [-0.25, -0.2) is 4.98 Å². The molecule has 4 rings (SSSR count). The highest BCUT2D eigenvalue weighted by Gasteiger charge is 2.23. The van der Waals surface area contributed by atoms with Crippen LogP contribution in [0.1, 0.15) is 16.8 Å². The van der Waals surface area contributed by atoms with E-state index < -0.39 is 0 Å². The monoisotopic (exact) mass is 454 g/mol. The van der Waals surface area contributed by atoms with E-state index in [9.17, 15) is 4.79 Å². The average molecular weight is 455 g/mol. The number of benzene rings is 2. The molecule has 0 radical (unpaired) electrons. The maximum Gasteiger partial charge on any atom is 0.228 e. The van der Waals surface area contributed by atoms with Gasteiger partial charge in [-0.2, -0.15) is 0 Å². The first-order valence-corrected chi connectivity index (χ1v) is 11.1. The van der Waals surface area contributed by atoms with Crippen LogP contribution < -0.4 is 18.9 Å². The van der Waals surface area contributed by atoms with E-state index in [2.05, 4.69) is 4.98 Å². The zero-order valence-electron chi connectivity index (χ0n) is 18.6. The Morgan fingerprint density at radius 1 is 0.938 bits per heavy atom. The Morgan fingerprint density at radius 2 is 1.59 bits per heavy atom. The molecule has 0 unspecified atom stereocenters. The van der Waals surface area contributed by atoms with Crippen molar-refractivity contribution in [2.24, 2.45) is 0 Å². The van der Waals surface area contributed by atoms with E-state index in [0.29, 0.717) is 30.3 Å². The molecule has 0 aliphatic carbocycles. The predicted octanol–water partition coefficient (Wildman–Crippen LogP) is 3.97. The number of aromatic nitrogens is 1. The minimum atomic E-state index is 0.0644. The maximum absolute atomic E-state index is 13.0. The molecule has 3 aromatic rings. The number of thiazole rings is 1. The van der Waals surface area contributed by atoms with E-state index in [1.54, 1.807) is 28.4 Å². The summed E-state index contributed by atoms with van der Waals surface area (Å²) < 4.78 is 21.5. The summed E-state index contributed by atoms with van der Waals surface area (Å²) in [5.41, 5.74) is 3.98. The second-order valence-corrected chi connectivity index (χ2v) is 8.29. The summed E-state index contributed by atoms with van der Waals surface area (Å²) >= 11 is 1.51. The average Bonchev–Trinajstić information content (AvgIpc) is 3.30. The van der Waals surface area contributed by atoms with Crippen LogP contribution in [0.3, 0.4) is 0 Å². The Bertz CT molecular complexity index is 1130. The second-order valence-electron chi connectivity index (χ2n) is 7.43. The topological polar surface area (TPSA) is 70.1 Å². The molecule has 0 saturated carbocycles. The van der Waals surface area contributed by atoms with E-state index in [1.165, 1.54) is 16.9 Å². The van der Waals surface area contributed by atoms with Crippen molar-refractivity contribution in [3.8, 4) is 33.6 Å². The number of rotatable bonds is 7. The van der Waals surface area contributed by atoms with Crippen molar-refractivity contribution in [2.75, 3.05) is 35.0 Å². The molecule has 168 valence electrons. The Balaban J connectivity index is 1.46. The standard InChI is InChI=1S/C24H26N2O5S/c1-28-19-6-5-16(10-20(19)29-2)24-25-18(14-32-24)12-23(27)26-8-7-15-9-21(30-3)22(31-4)11-17(15)13-26/h5-6,9-11,14H,7-8,12-13H2,1-4H3. The van der Waals surface area contributed by atoms with Gasteiger partial charge in [0.15, 0.2) is 23.0 Å². The molecule has 2 heterocycles. The van der Waals surface area contributed by atoms with Gasteiger partial charge in [0.05, 0.1) is 40.6 Å². The number of hydrogen-bond donors (Lipinski definition) is 0. The summed E-state index contributed by atoms with van der Waals surface area (Å²) in [5, 5.41) is 2.78. The first-order chi connectivity index (χ1) is 15.6. The Hall–Kier alpha value is -3.26. The first kappa shape index (κ1) is 22.0. The molecular formula is C24H26N2O5S. The molecule has 7 nitrogen and oxygen atoms in total. The van der Waals surface area contributed by atoms with Gasteiger partial charge in [-0.05, 0) is 47.9 Å². The minimum Gasteiger partial charge on any atom is -0.493 e. The lowest BCUT2D eigenvalue weighted by atomic mass is 9.98. The summed E-state index contributed by atoms with van der Waals surface area (Å²) in [6.45, 7) is 1.23. The zero-order valence-corrected chi connectivity index (χ0v) is 19.5. The molecule has 0 fully saturated rings. The molecule has 0 atom stereocenters. The smallest absolute Gasteiger partial charge is 0.228 e. The lowest BCUT2D eigenvalue weighted by molar-refractivity contribution is -0.131. The molecule has 1 aromatic heterocycles. The van der Waals surface area contributed by atoms with E-state index in [1.807, 2.05) is 40.6 Å². The van der Waals surface area contributed by atoms with Crippen molar-refractivity contribution in [3.63, 3.8) is 0 Å². The van der Waals surface area contributed by atoms with Crippen LogP contribution in [-0.2, 0) is 24.2 Å².